The maximum atomic E-state index is 11.4. The number of hydrogen-bond acceptors (Lipinski definition) is 6. The zero-order chi connectivity index (χ0) is 15.9. The van der Waals surface area contributed by atoms with Gasteiger partial charge in [-0.25, -0.2) is 9.97 Å². The van der Waals surface area contributed by atoms with Gasteiger partial charge in [0.1, 0.15) is 5.69 Å². The molecule has 0 radical (unpaired) electrons. The van der Waals surface area contributed by atoms with Crippen molar-refractivity contribution in [1.82, 2.24) is 9.97 Å². The fourth-order valence-corrected chi connectivity index (χ4v) is 2.09. The van der Waals surface area contributed by atoms with E-state index >= 15 is 0 Å². The number of rotatable bonds is 6. The lowest BCUT2D eigenvalue weighted by atomic mass is 10.1. The quantitative estimate of drug-likeness (QED) is 0.628. The molecule has 0 spiro atoms. The predicted octanol–water partition coefficient (Wildman–Crippen LogP) is 2.74. The number of hydrogen-bond donors (Lipinski definition) is 2. The van der Waals surface area contributed by atoms with E-state index in [9.17, 15) is 4.79 Å². The molecule has 22 heavy (non-hydrogen) atoms. The molecule has 0 saturated carbocycles. The maximum Gasteiger partial charge on any atom is 0.307 e. The molecule has 116 valence electrons. The third kappa shape index (κ3) is 4.08. The van der Waals surface area contributed by atoms with E-state index in [-0.39, 0.29) is 17.7 Å². The zero-order valence-corrected chi connectivity index (χ0v) is 12.9. The van der Waals surface area contributed by atoms with Gasteiger partial charge in [-0.05, 0) is 24.6 Å². The number of aromatic nitrogens is 2. The van der Waals surface area contributed by atoms with Crippen LogP contribution in [-0.4, -0.2) is 29.1 Å². The maximum absolute atomic E-state index is 11.4. The van der Waals surface area contributed by atoms with Gasteiger partial charge in [0.2, 0.25) is 5.28 Å². The first-order chi connectivity index (χ1) is 10.6. The van der Waals surface area contributed by atoms with Gasteiger partial charge in [-0.3, -0.25) is 4.79 Å². The fraction of sp³-hybridized carbons (Fsp3) is 0.267. The molecule has 2 aromatic rings. The van der Waals surface area contributed by atoms with E-state index in [1.165, 1.54) is 6.20 Å². The van der Waals surface area contributed by atoms with E-state index in [2.05, 4.69) is 15.3 Å². The Morgan fingerprint density at radius 3 is 2.95 bits per heavy atom. The smallest absolute Gasteiger partial charge is 0.307 e. The number of carbonyl (C=O) groups is 1. The third-order valence-corrected chi connectivity index (χ3v) is 3.10. The largest absolute Gasteiger partial charge is 0.466 e. The van der Waals surface area contributed by atoms with Crippen LogP contribution in [0.1, 0.15) is 13.3 Å². The summed E-state index contributed by atoms with van der Waals surface area (Å²) in [5.41, 5.74) is 8.52. The van der Waals surface area contributed by atoms with Crippen LogP contribution in [0.3, 0.4) is 0 Å². The van der Waals surface area contributed by atoms with Gasteiger partial charge in [0, 0.05) is 17.8 Å². The molecule has 0 bridgehead atoms. The number of anilines is 2. The van der Waals surface area contributed by atoms with Crippen molar-refractivity contribution in [1.29, 1.82) is 0 Å². The number of carbonyl (C=O) groups excluding carboxylic acids is 1. The molecule has 3 N–H and O–H groups in total. The highest BCUT2D eigenvalue weighted by Gasteiger charge is 2.11. The molecular weight excluding hydrogens is 304 g/mol. The highest BCUT2D eigenvalue weighted by atomic mass is 35.5. The van der Waals surface area contributed by atoms with Gasteiger partial charge in [-0.1, -0.05) is 18.2 Å². The van der Waals surface area contributed by atoms with Gasteiger partial charge < -0.3 is 15.8 Å². The lowest BCUT2D eigenvalue weighted by molar-refractivity contribution is -0.142. The van der Waals surface area contributed by atoms with Crippen LogP contribution in [0.15, 0.2) is 30.5 Å². The molecular formula is C15H17ClN4O2. The van der Waals surface area contributed by atoms with Crippen LogP contribution >= 0.6 is 11.6 Å². The van der Waals surface area contributed by atoms with Crippen molar-refractivity contribution < 1.29 is 9.53 Å². The topological polar surface area (TPSA) is 90.1 Å². The molecule has 0 unspecified atom stereocenters. The summed E-state index contributed by atoms with van der Waals surface area (Å²) < 4.78 is 4.89. The number of nitrogen functional groups attached to an aromatic ring is 1. The summed E-state index contributed by atoms with van der Waals surface area (Å²) >= 11 is 5.84. The predicted molar refractivity (Wildman–Crippen MR) is 86.6 cm³/mol. The Labute approximate surface area is 133 Å². The normalized spacial score (nSPS) is 10.3. The summed E-state index contributed by atoms with van der Waals surface area (Å²) in [4.78, 5) is 19.4. The molecule has 0 amide bonds. The Bertz CT molecular complexity index is 664. The number of nitrogens with one attached hydrogen (secondary N) is 1. The Morgan fingerprint density at radius 2 is 2.18 bits per heavy atom. The molecule has 0 aliphatic rings. The summed E-state index contributed by atoms with van der Waals surface area (Å²) in [7, 11) is 0. The first kappa shape index (κ1) is 16.0. The SMILES string of the molecule is CCOC(=O)CCNc1ccccc1-c1nc(Cl)ncc1N. The van der Waals surface area contributed by atoms with Gasteiger partial charge >= 0.3 is 5.97 Å². The van der Waals surface area contributed by atoms with Gasteiger partial charge in [0.25, 0.3) is 0 Å². The number of benzene rings is 1. The molecule has 0 aliphatic carbocycles. The molecule has 1 aromatic heterocycles. The highest BCUT2D eigenvalue weighted by molar-refractivity contribution is 6.28. The van der Waals surface area contributed by atoms with Gasteiger partial charge in [-0.15, -0.1) is 0 Å². The van der Waals surface area contributed by atoms with Gasteiger partial charge in [0.15, 0.2) is 0 Å². The molecule has 6 nitrogen and oxygen atoms in total. The van der Waals surface area contributed by atoms with Crippen LogP contribution in [0.4, 0.5) is 11.4 Å². The Morgan fingerprint density at radius 1 is 1.41 bits per heavy atom. The molecule has 1 aromatic carbocycles. The minimum absolute atomic E-state index is 0.130. The van der Waals surface area contributed by atoms with Crippen molar-refractivity contribution in [3.8, 4) is 11.3 Å². The molecule has 2 rings (SSSR count). The van der Waals surface area contributed by atoms with E-state index in [0.717, 1.165) is 11.3 Å². The Balaban J connectivity index is 2.17. The number of para-hydroxylation sites is 1. The summed E-state index contributed by atoms with van der Waals surface area (Å²) in [5.74, 6) is -0.239. The lowest BCUT2D eigenvalue weighted by Crippen LogP contribution is -2.12. The number of nitrogens with two attached hydrogens (primary N) is 1. The van der Waals surface area contributed by atoms with E-state index < -0.39 is 0 Å². The lowest BCUT2D eigenvalue weighted by Gasteiger charge is -2.12. The summed E-state index contributed by atoms with van der Waals surface area (Å²) in [6, 6.07) is 7.52. The molecule has 0 saturated heterocycles. The van der Waals surface area contributed by atoms with Crippen molar-refractivity contribution in [2.45, 2.75) is 13.3 Å². The van der Waals surface area contributed by atoms with Gasteiger partial charge in [-0.2, -0.15) is 0 Å². The zero-order valence-electron chi connectivity index (χ0n) is 12.2. The van der Waals surface area contributed by atoms with Crippen molar-refractivity contribution in [3.63, 3.8) is 0 Å². The van der Waals surface area contributed by atoms with Crippen LogP contribution in [-0.2, 0) is 9.53 Å². The summed E-state index contributed by atoms with van der Waals surface area (Å²) in [5, 5.41) is 3.32. The van der Waals surface area contributed by atoms with E-state index in [4.69, 9.17) is 22.1 Å². The summed E-state index contributed by atoms with van der Waals surface area (Å²) in [6.07, 6.45) is 1.75. The number of ether oxygens (including phenoxy) is 1. The standard InChI is InChI=1S/C15H17ClN4O2/c1-2-22-13(21)7-8-18-12-6-4-3-5-10(12)14-11(17)9-19-15(16)20-14/h3-6,9,18H,2,7-8,17H2,1H3. The number of halogens is 1. The molecule has 1 heterocycles. The van der Waals surface area contributed by atoms with Crippen LogP contribution in [0.25, 0.3) is 11.3 Å². The first-order valence-electron chi connectivity index (χ1n) is 6.88. The van der Waals surface area contributed by atoms with E-state index in [0.29, 0.717) is 24.5 Å². The first-order valence-corrected chi connectivity index (χ1v) is 7.26. The highest BCUT2D eigenvalue weighted by Crippen LogP contribution is 2.30. The van der Waals surface area contributed by atoms with Crippen molar-refractivity contribution in [2.24, 2.45) is 0 Å². The second-order valence-corrected chi connectivity index (χ2v) is 4.81. The molecule has 0 fully saturated rings. The number of esters is 1. The minimum Gasteiger partial charge on any atom is -0.466 e. The van der Waals surface area contributed by atoms with Crippen molar-refractivity contribution >= 4 is 28.9 Å². The van der Waals surface area contributed by atoms with Crippen LogP contribution < -0.4 is 11.1 Å². The van der Waals surface area contributed by atoms with Crippen LogP contribution in [0.5, 0.6) is 0 Å². The fourth-order valence-electron chi connectivity index (χ4n) is 1.96. The average molecular weight is 321 g/mol. The van der Waals surface area contributed by atoms with Crippen molar-refractivity contribution in [2.75, 3.05) is 24.2 Å². The average Bonchev–Trinajstić information content (AvgIpc) is 2.51. The van der Waals surface area contributed by atoms with Crippen molar-refractivity contribution in [3.05, 3.63) is 35.7 Å². The van der Waals surface area contributed by atoms with Gasteiger partial charge in [0.05, 0.1) is 24.9 Å². The minimum atomic E-state index is -0.239. The van der Waals surface area contributed by atoms with E-state index in [1.807, 2.05) is 24.3 Å². The second kappa shape index (κ2) is 7.61. The monoisotopic (exact) mass is 320 g/mol. The third-order valence-electron chi connectivity index (χ3n) is 2.92. The Kier molecular flexibility index (Phi) is 5.55. The molecule has 0 aliphatic heterocycles. The molecule has 0 atom stereocenters. The second-order valence-electron chi connectivity index (χ2n) is 4.47. The Hall–Kier alpha value is -2.34. The molecule has 7 heteroatoms. The number of nitrogens with zero attached hydrogens (tertiary/aromatic N) is 2. The summed E-state index contributed by atoms with van der Waals surface area (Å²) in [6.45, 7) is 2.61. The van der Waals surface area contributed by atoms with Crippen LogP contribution in [0, 0.1) is 0 Å². The van der Waals surface area contributed by atoms with E-state index in [1.54, 1.807) is 6.92 Å². The van der Waals surface area contributed by atoms with Crippen LogP contribution in [0.2, 0.25) is 5.28 Å².